The maximum Gasteiger partial charge on any atom is 0.223 e. The first-order chi connectivity index (χ1) is 10.5. The Hall–Kier alpha value is -1.06. The summed E-state index contributed by atoms with van der Waals surface area (Å²) in [7, 11) is 0. The predicted octanol–water partition coefficient (Wildman–Crippen LogP) is 3.71. The Balaban J connectivity index is 1.77. The molecule has 1 heterocycles. The summed E-state index contributed by atoms with van der Waals surface area (Å²) in [5, 5.41) is 3.92. The number of halogens is 1. The molecule has 1 aromatic carbocycles. The first kappa shape index (κ1) is 17.3. The summed E-state index contributed by atoms with van der Waals surface area (Å²) in [6.45, 7) is 9.26. The topological polar surface area (TPSA) is 32.3 Å². The van der Waals surface area contributed by atoms with Gasteiger partial charge in [0.05, 0.1) is 0 Å². The van der Waals surface area contributed by atoms with Gasteiger partial charge in [-0.15, -0.1) is 0 Å². The number of carbonyl (C=O) groups is 1. The summed E-state index contributed by atoms with van der Waals surface area (Å²) in [4.78, 5) is 14.7. The summed E-state index contributed by atoms with van der Waals surface area (Å²) in [6, 6.07) is 8.27. The standard InChI is InChI=1S/C18H27ClN2O/c1-13(2)14(3)20-18(22)16-8-10-21(11-9-16)12-15-4-6-17(19)7-5-15/h4-7,13-14,16H,8-12H2,1-3H3,(H,20,22). The van der Waals surface area contributed by atoms with Gasteiger partial charge < -0.3 is 5.32 Å². The van der Waals surface area contributed by atoms with Crippen molar-refractivity contribution in [2.24, 2.45) is 11.8 Å². The Morgan fingerprint density at radius 2 is 1.82 bits per heavy atom. The van der Waals surface area contributed by atoms with Gasteiger partial charge in [0.2, 0.25) is 5.91 Å². The lowest BCUT2D eigenvalue weighted by Gasteiger charge is -2.32. The van der Waals surface area contributed by atoms with E-state index in [0.29, 0.717) is 5.92 Å². The molecule has 0 spiro atoms. The molecule has 0 radical (unpaired) electrons. The average Bonchev–Trinajstić information content (AvgIpc) is 2.50. The van der Waals surface area contributed by atoms with Crippen molar-refractivity contribution in [3.8, 4) is 0 Å². The molecular formula is C18H27ClN2O. The number of rotatable bonds is 5. The van der Waals surface area contributed by atoms with Gasteiger partial charge >= 0.3 is 0 Å². The number of nitrogens with one attached hydrogen (secondary N) is 1. The first-order valence-corrected chi connectivity index (χ1v) is 8.60. The van der Waals surface area contributed by atoms with Crippen molar-refractivity contribution in [3.63, 3.8) is 0 Å². The fourth-order valence-electron chi connectivity index (χ4n) is 2.71. The van der Waals surface area contributed by atoms with Gasteiger partial charge in [-0.25, -0.2) is 0 Å². The minimum Gasteiger partial charge on any atom is -0.353 e. The van der Waals surface area contributed by atoms with Crippen LogP contribution in [0.2, 0.25) is 5.02 Å². The van der Waals surface area contributed by atoms with Gasteiger partial charge in [0, 0.05) is 23.5 Å². The predicted molar refractivity (Wildman–Crippen MR) is 91.9 cm³/mol. The van der Waals surface area contributed by atoms with Gasteiger partial charge in [-0.05, 0) is 56.5 Å². The lowest BCUT2D eigenvalue weighted by molar-refractivity contribution is -0.127. The van der Waals surface area contributed by atoms with E-state index >= 15 is 0 Å². The number of benzene rings is 1. The van der Waals surface area contributed by atoms with E-state index in [1.807, 2.05) is 12.1 Å². The zero-order valence-electron chi connectivity index (χ0n) is 13.8. The van der Waals surface area contributed by atoms with Crippen LogP contribution >= 0.6 is 11.6 Å². The fraction of sp³-hybridized carbons (Fsp3) is 0.611. The first-order valence-electron chi connectivity index (χ1n) is 8.23. The SMILES string of the molecule is CC(C)C(C)NC(=O)C1CCN(Cc2ccc(Cl)cc2)CC1. The molecule has 0 bridgehead atoms. The Bertz CT molecular complexity index is 478. The lowest BCUT2D eigenvalue weighted by atomic mass is 9.94. The molecule has 0 saturated carbocycles. The Morgan fingerprint density at radius 3 is 2.36 bits per heavy atom. The van der Waals surface area contributed by atoms with Crippen molar-refractivity contribution in [2.45, 2.75) is 46.2 Å². The zero-order chi connectivity index (χ0) is 16.1. The van der Waals surface area contributed by atoms with E-state index in [-0.39, 0.29) is 17.9 Å². The van der Waals surface area contributed by atoms with Gasteiger partial charge in [-0.3, -0.25) is 9.69 Å². The van der Waals surface area contributed by atoms with Crippen LogP contribution in [0.1, 0.15) is 39.2 Å². The second-order valence-corrected chi connectivity index (χ2v) is 7.15. The Morgan fingerprint density at radius 1 is 1.23 bits per heavy atom. The zero-order valence-corrected chi connectivity index (χ0v) is 14.6. The summed E-state index contributed by atoms with van der Waals surface area (Å²) < 4.78 is 0. The molecule has 1 unspecified atom stereocenters. The average molecular weight is 323 g/mol. The van der Waals surface area contributed by atoms with Crippen molar-refractivity contribution in [2.75, 3.05) is 13.1 Å². The minimum atomic E-state index is 0.169. The highest BCUT2D eigenvalue weighted by Gasteiger charge is 2.26. The molecule has 0 aliphatic carbocycles. The van der Waals surface area contributed by atoms with Gasteiger partial charge in [0.15, 0.2) is 0 Å². The van der Waals surface area contributed by atoms with Gasteiger partial charge in [0.25, 0.3) is 0 Å². The summed E-state index contributed by atoms with van der Waals surface area (Å²) in [6.07, 6.45) is 1.90. The van der Waals surface area contributed by atoms with E-state index in [4.69, 9.17) is 11.6 Å². The van der Waals surface area contributed by atoms with E-state index < -0.39 is 0 Å². The van der Waals surface area contributed by atoms with Crippen LogP contribution in [0, 0.1) is 11.8 Å². The largest absolute Gasteiger partial charge is 0.353 e. The second-order valence-electron chi connectivity index (χ2n) is 6.72. The molecule has 0 aromatic heterocycles. The smallest absolute Gasteiger partial charge is 0.223 e. The third-order valence-corrected chi connectivity index (χ3v) is 4.90. The number of carbonyl (C=O) groups excluding carboxylic acids is 1. The Labute approximate surface area is 139 Å². The van der Waals surface area contributed by atoms with E-state index in [1.54, 1.807) is 0 Å². The van der Waals surface area contributed by atoms with Gasteiger partial charge in [-0.1, -0.05) is 37.6 Å². The third-order valence-electron chi connectivity index (χ3n) is 4.65. The Kier molecular flexibility index (Phi) is 6.27. The summed E-state index contributed by atoms with van der Waals surface area (Å²) in [5.41, 5.74) is 1.28. The van der Waals surface area contributed by atoms with Crippen LogP contribution < -0.4 is 5.32 Å². The number of hydrogen-bond acceptors (Lipinski definition) is 2. The van der Waals surface area contributed by atoms with Crippen LogP contribution in [0.4, 0.5) is 0 Å². The molecule has 1 atom stereocenters. The molecule has 1 aromatic rings. The molecule has 1 saturated heterocycles. The van der Waals surface area contributed by atoms with Crippen molar-refractivity contribution in [3.05, 3.63) is 34.9 Å². The lowest BCUT2D eigenvalue weighted by Crippen LogP contribution is -2.44. The number of nitrogens with zero attached hydrogens (tertiary/aromatic N) is 1. The molecule has 1 fully saturated rings. The molecule has 1 aliphatic heterocycles. The maximum absolute atomic E-state index is 12.3. The molecule has 4 heteroatoms. The van der Waals surface area contributed by atoms with Crippen LogP contribution in [-0.4, -0.2) is 29.9 Å². The van der Waals surface area contributed by atoms with Crippen LogP contribution in [-0.2, 0) is 11.3 Å². The third kappa shape index (κ3) is 4.99. The van der Waals surface area contributed by atoms with Crippen molar-refractivity contribution in [1.29, 1.82) is 0 Å². The maximum atomic E-state index is 12.3. The van der Waals surface area contributed by atoms with E-state index in [9.17, 15) is 4.79 Å². The quantitative estimate of drug-likeness (QED) is 0.896. The van der Waals surface area contributed by atoms with Crippen LogP contribution in [0.5, 0.6) is 0 Å². The highest BCUT2D eigenvalue weighted by atomic mass is 35.5. The van der Waals surface area contributed by atoms with Crippen molar-refractivity contribution in [1.82, 2.24) is 10.2 Å². The number of likely N-dealkylation sites (tertiary alicyclic amines) is 1. The highest BCUT2D eigenvalue weighted by molar-refractivity contribution is 6.30. The van der Waals surface area contributed by atoms with Crippen LogP contribution in [0.15, 0.2) is 24.3 Å². The van der Waals surface area contributed by atoms with Crippen molar-refractivity contribution >= 4 is 17.5 Å². The van der Waals surface area contributed by atoms with Crippen LogP contribution in [0.3, 0.4) is 0 Å². The summed E-state index contributed by atoms with van der Waals surface area (Å²) >= 11 is 5.91. The normalized spacial score (nSPS) is 18.4. The number of piperidine rings is 1. The van der Waals surface area contributed by atoms with E-state index in [0.717, 1.165) is 37.5 Å². The summed E-state index contributed by atoms with van der Waals surface area (Å²) in [5.74, 6) is 0.879. The molecule has 1 aliphatic rings. The monoisotopic (exact) mass is 322 g/mol. The van der Waals surface area contributed by atoms with E-state index in [1.165, 1.54) is 5.56 Å². The molecular weight excluding hydrogens is 296 g/mol. The molecule has 122 valence electrons. The molecule has 3 nitrogen and oxygen atoms in total. The van der Waals surface area contributed by atoms with Crippen molar-refractivity contribution < 1.29 is 4.79 Å². The fourth-order valence-corrected chi connectivity index (χ4v) is 2.84. The van der Waals surface area contributed by atoms with Crippen LogP contribution in [0.25, 0.3) is 0 Å². The van der Waals surface area contributed by atoms with Gasteiger partial charge in [-0.2, -0.15) is 0 Å². The molecule has 2 rings (SSSR count). The second kappa shape index (κ2) is 7.98. The molecule has 1 N–H and O–H groups in total. The molecule has 22 heavy (non-hydrogen) atoms. The van der Waals surface area contributed by atoms with Gasteiger partial charge in [0.1, 0.15) is 0 Å². The highest BCUT2D eigenvalue weighted by Crippen LogP contribution is 2.20. The van der Waals surface area contributed by atoms with E-state index in [2.05, 4.69) is 43.1 Å². The number of amides is 1. The molecule has 1 amide bonds. The number of hydrogen-bond donors (Lipinski definition) is 1. The minimum absolute atomic E-state index is 0.169.